The zero-order valence-electron chi connectivity index (χ0n) is 11.6. The molecule has 2 aromatic heterocycles. The molecule has 0 amide bonds. The number of aromatic nitrogens is 5. The summed E-state index contributed by atoms with van der Waals surface area (Å²) >= 11 is 6.13. The molecular weight excluding hydrogens is 304 g/mol. The predicted octanol–water partition coefficient (Wildman–Crippen LogP) is 1.83. The van der Waals surface area contributed by atoms with Crippen LogP contribution in [-0.2, 0) is 0 Å². The predicted molar refractivity (Wildman–Crippen MR) is 81.3 cm³/mol. The molecule has 22 heavy (non-hydrogen) atoms. The number of rotatable bonds is 3. The van der Waals surface area contributed by atoms with E-state index in [1.165, 1.54) is 4.63 Å². The zero-order valence-corrected chi connectivity index (χ0v) is 12.4. The second kappa shape index (κ2) is 5.42. The molecule has 0 saturated carbocycles. The summed E-state index contributed by atoms with van der Waals surface area (Å²) < 4.78 is 7.41. The first-order chi connectivity index (χ1) is 10.8. The lowest BCUT2D eigenvalue weighted by atomic mass is 10.3. The average molecular weight is 317 g/mol. The number of para-hydroxylation sites is 1. The molecule has 0 unspecified atom stereocenters. The Bertz CT molecular complexity index is 807. The first-order valence-electron chi connectivity index (χ1n) is 7.01. The van der Waals surface area contributed by atoms with Crippen LogP contribution in [-0.4, -0.2) is 44.4 Å². The van der Waals surface area contributed by atoms with E-state index < -0.39 is 0 Å². The summed E-state index contributed by atoms with van der Waals surface area (Å²) in [7, 11) is 0. The highest BCUT2D eigenvalue weighted by atomic mass is 35.5. The van der Waals surface area contributed by atoms with Gasteiger partial charge in [-0.2, -0.15) is 0 Å². The monoisotopic (exact) mass is 316 g/mol. The van der Waals surface area contributed by atoms with Crippen LogP contribution in [0, 0.1) is 0 Å². The summed E-state index contributed by atoms with van der Waals surface area (Å²) in [6.45, 7) is 1.63. The highest BCUT2D eigenvalue weighted by Gasteiger charge is 2.26. The molecule has 3 heterocycles. The molecule has 112 valence electrons. The SMILES string of the molecule is Clc1ccccc1O[C@@H]1CCN(c2ccc3nnnn3n2)C1. The topological polar surface area (TPSA) is 68.4 Å². The van der Waals surface area contributed by atoms with E-state index in [2.05, 4.69) is 25.5 Å². The number of benzene rings is 1. The molecule has 0 bridgehead atoms. The molecule has 7 nitrogen and oxygen atoms in total. The van der Waals surface area contributed by atoms with E-state index in [1.807, 2.05) is 36.4 Å². The van der Waals surface area contributed by atoms with Crippen molar-refractivity contribution in [1.82, 2.24) is 25.3 Å². The van der Waals surface area contributed by atoms with E-state index in [-0.39, 0.29) is 6.10 Å². The average Bonchev–Trinajstić information content (AvgIpc) is 3.17. The normalized spacial score (nSPS) is 18.0. The molecule has 1 atom stereocenters. The molecule has 0 N–H and O–H groups in total. The van der Waals surface area contributed by atoms with Gasteiger partial charge in [-0.05, 0) is 34.7 Å². The number of anilines is 1. The van der Waals surface area contributed by atoms with Crippen LogP contribution in [0.1, 0.15) is 6.42 Å². The quantitative estimate of drug-likeness (QED) is 0.734. The van der Waals surface area contributed by atoms with Crippen LogP contribution in [0.15, 0.2) is 36.4 Å². The van der Waals surface area contributed by atoms with Crippen LogP contribution in [0.2, 0.25) is 5.02 Å². The van der Waals surface area contributed by atoms with Crippen LogP contribution in [0.4, 0.5) is 5.82 Å². The highest BCUT2D eigenvalue weighted by molar-refractivity contribution is 6.32. The van der Waals surface area contributed by atoms with Gasteiger partial charge in [0.2, 0.25) is 0 Å². The van der Waals surface area contributed by atoms with Crippen molar-refractivity contribution >= 4 is 23.1 Å². The smallest absolute Gasteiger partial charge is 0.200 e. The van der Waals surface area contributed by atoms with Crippen molar-refractivity contribution in [3.63, 3.8) is 0 Å². The summed E-state index contributed by atoms with van der Waals surface area (Å²) in [5, 5.41) is 16.3. The number of ether oxygens (including phenoxy) is 1. The summed E-state index contributed by atoms with van der Waals surface area (Å²) in [4.78, 5) is 2.16. The van der Waals surface area contributed by atoms with E-state index in [1.54, 1.807) is 0 Å². The Morgan fingerprint density at radius 1 is 1.18 bits per heavy atom. The molecule has 0 radical (unpaired) electrons. The minimum absolute atomic E-state index is 0.0891. The molecular formula is C14H13ClN6O. The second-order valence-corrected chi connectivity index (χ2v) is 5.53. The van der Waals surface area contributed by atoms with Crippen LogP contribution in [0.5, 0.6) is 5.75 Å². The Balaban J connectivity index is 1.49. The van der Waals surface area contributed by atoms with E-state index >= 15 is 0 Å². The van der Waals surface area contributed by atoms with Gasteiger partial charge in [0.15, 0.2) is 11.5 Å². The van der Waals surface area contributed by atoms with Crippen molar-refractivity contribution in [2.75, 3.05) is 18.0 Å². The molecule has 0 spiro atoms. The molecule has 4 rings (SSSR count). The van der Waals surface area contributed by atoms with Gasteiger partial charge in [-0.25, -0.2) is 0 Å². The summed E-state index contributed by atoms with van der Waals surface area (Å²) in [5.41, 5.74) is 0.631. The van der Waals surface area contributed by atoms with Gasteiger partial charge in [-0.3, -0.25) is 0 Å². The van der Waals surface area contributed by atoms with Crippen molar-refractivity contribution < 1.29 is 4.74 Å². The fourth-order valence-corrected chi connectivity index (χ4v) is 2.74. The second-order valence-electron chi connectivity index (χ2n) is 5.12. The van der Waals surface area contributed by atoms with E-state index in [0.29, 0.717) is 10.7 Å². The maximum atomic E-state index is 6.13. The van der Waals surface area contributed by atoms with Gasteiger partial charge >= 0.3 is 0 Å². The third kappa shape index (κ3) is 2.43. The molecule has 1 aliphatic heterocycles. The van der Waals surface area contributed by atoms with Crippen LogP contribution in [0.3, 0.4) is 0 Å². The van der Waals surface area contributed by atoms with Crippen molar-refractivity contribution in [3.05, 3.63) is 41.4 Å². The maximum absolute atomic E-state index is 6.13. The maximum Gasteiger partial charge on any atom is 0.200 e. The molecule has 8 heteroatoms. The fraction of sp³-hybridized carbons (Fsp3) is 0.286. The van der Waals surface area contributed by atoms with Crippen LogP contribution >= 0.6 is 11.6 Å². The van der Waals surface area contributed by atoms with Gasteiger partial charge < -0.3 is 9.64 Å². The summed E-state index contributed by atoms with van der Waals surface area (Å²) in [6, 6.07) is 11.3. The Morgan fingerprint density at radius 3 is 3.00 bits per heavy atom. The number of tetrazole rings is 1. The molecule has 0 aliphatic carbocycles. The molecule has 1 fully saturated rings. The number of hydrogen-bond donors (Lipinski definition) is 0. The minimum Gasteiger partial charge on any atom is -0.487 e. The number of halogens is 1. The molecule has 3 aromatic rings. The Labute approximate surface area is 131 Å². The van der Waals surface area contributed by atoms with Gasteiger partial charge in [0, 0.05) is 13.0 Å². The Morgan fingerprint density at radius 2 is 2.09 bits per heavy atom. The molecule has 1 aliphatic rings. The van der Waals surface area contributed by atoms with Crippen molar-refractivity contribution in [3.8, 4) is 5.75 Å². The number of nitrogens with zero attached hydrogens (tertiary/aromatic N) is 6. The minimum atomic E-state index is 0.0891. The van der Waals surface area contributed by atoms with Crippen LogP contribution in [0.25, 0.3) is 5.65 Å². The number of fused-ring (bicyclic) bond motifs is 1. The van der Waals surface area contributed by atoms with E-state index in [4.69, 9.17) is 16.3 Å². The Hall–Kier alpha value is -2.41. The van der Waals surface area contributed by atoms with Crippen LogP contribution < -0.4 is 9.64 Å². The number of hydrogen-bond acceptors (Lipinski definition) is 6. The van der Waals surface area contributed by atoms with Gasteiger partial charge in [-0.15, -0.1) is 14.8 Å². The first kappa shape index (κ1) is 13.3. The third-order valence-electron chi connectivity index (χ3n) is 3.65. The third-order valence-corrected chi connectivity index (χ3v) is 3.97. The van der Waals surface area contributed by atoms with Gasteiger partial charge in [0.1, 0.15) is 11.9 Å². The molecule has 1 saturated heterocycles. The van der Waals surface area contributed by atoms with Crippen molar-refractivity contribution in [2.45, 2.75) is 12.5 Å². The van der Waals surface area contributed by atoms with Gasteiger partial charge in [-0.1, -0.05) is 23.7 Å². The largest absolute Gasteiger partial charge is 0.487 e. The van der Waals surface area contributed by atoms with E-state index in [0.717, 1.165) is 31.1 Å². The summed E-state index contributed by atoms with van der Waals surface area (Å²) in [6.07, 6.45) is 1.01. The van der Waals surface area contributed by atoms with Crippen molar-refractivity contribution in [2.24, 2.45) is 0 Å². The fourth-order valence-electron chi connectivity index (χ4n) is 2.56. The van der Waals surface area contributed by atoms with Crippen molar-refractivity contribution in [1.29, 1.82) is 0 Å². The Kier molecular flexibility index (Phi) is 3.27. The molecule has 1 aromatic carbocycles. The summed E-state index contributed by atoms with van der Waals surface area (Å²) in [5.74, 6) is 1.56. The standard InChI is InChI=1S/C14H13ClN6O/c15-11-3-1-2-4-12(11)22-10-7-8-20(9-10)14-6-5-13-16-18-19-21(13)17-14/h1-6,10H,7-9H2/t10-/m1/s1. The van der Waals surface area contributed by atoms with E-state index in [9.17, 15) is 0 Å². The lowest BCUT2D eigenvalue weighted by Crippen LogP contribution is -2.25. The zero-order chi connectivity index (χ0) is 14.9. The highest BCUT2D eigenvalue weighted by Crippen LogP contribution is 2.27. The first-order valence-corrected chi connectivity index (χ1v) is 7.39. The van der Waals surface area contributed by atoms with Gasteiger partial charge in [0.25, 0.3) is 0 Å². The lowest BCUT2D eigenvalue weighted by molar-refractivity contribution is 0.225. The lowest BCUT2D eigenvalue weighted by Gasteiger charge is -2.18. The van der Waals surface area contributed by atoms with Gasteiger partial charge in [0.05, 0.1) is 11.6 Å².